The van der Waals surface area contributed by atoms with E-state index >= 15 is 0 Å². The summed E-state index contributed by atoms with van der Waals surface area (Å²) in [6.07, 6.45) is 8.55. The Morgan fingerprint density at radius 2 is 2.08 bits per heavy atom. The van der Waals surface area contributed by atoms with Crippen LogP contribution in [0.4, 0.5) is 0 Å². The van der Waals surface area contributed by atoms with Crippen LogP contribution in [0.3, 0.4) is 0 Å². The molecule has 1 atom stereocenters. The second kappa shape index (κ2) is 6.51. The third kappa shape index (κ3) is 2.94. The lowest BCUT2D eigenvalue weighted by Crippen LogP contribution is -2.41. The molecule has 4 rings (SSSR count). The number of benzene rings is 1. The SMILES string of the molecule is O=C(CCn1ccc2ccccc21)N1CCC[C@H](n2cccn2)C1. The number of nitrogens with zero attached hydrogens (tertiary/aromatic N) is 4. The van der Waals surface area contributed by atoms with Crippen molar-refractivity contribution in [1.82, 2.24) is 19.2 Å². The molecular formula is C19H22N4O. The van der Waals surface area contributed by atoms with Gasteiger partial charge in [-0.05, 0) is 36.4 Å². The van der Waals surface area contributed by atoms with E-state index in [2.05, 4.69) is 34.1 Å². The first-order valence-corrected chi connectivity index (χ1v) is 8.62. The van der Waals surface area contributed by atoms with Gasteiger partial charge in [-0.3, -0.25) is 9.48 Å². The van der Waals surface area contributed by atoms with Gasteiger partial charge in [0.2, 0.25) is 5.91 Å². The van der Waals surface area contributed by atoms with Crippen LogP contribution in [0.2, 0.25) is 0 Å². The number of hydrogen-bond donors (Lipinski definition) is 0. The third-order valence-corrected chi connectivity index (χ3v) is 4.89. The Labute approximate surface area is 141 Å². The minimum Gasteiger partial charge on any atom is -0.347 e. The molecule has 2 aromatic heterocycles. The fourth-order valence-corrected chi connectivity index (χ4v) is 3.60. The molecule has 5 heteroatoms. The van der Waals surface area contributed by atoms with Crippen LogP contribution in [0, 0.1) is 0 Å². The lowest BCUT2D eigenvalue weighted by Gasteiger charge is -2.33. The van der Waals surface area contributed by atoms with Crippen LogP contribution in [-0.2, 0) is 11.3 Å². The zero-order valence-corrected chi connectivity index (χ0v) is 13.7. The van der Waals surface area contributed by atoms with Crippen molar-refractivity contribution in [2.75, 3.05) is 13.1 Å². The highest BCUT2D eigenvalue weighted by atomic mass is 16.2. The van der Waals surface area contributed by atoms with Gasteiger partial charge in [0.25, 0.3) is 0 Å². The molecule has 0 unspecified atom stereocenters. The standard InChI is InChI=1S/C19H22N4O/c24-19(9-14-21-13-8-16-5-1-2-7-18(16)21)22-11-3-6-17(15-22)23-12-4-10-20-23/h1-2,4-5,7-8,10,12-13,17H,3,6,9,11,14-15H2/t17-/m0/s1. The van der Waals surface area contributed by atoms with Crippen molar-refractivity contribution < 1.29 is 4.79 Å². The van der Waals surface area contributed by atoms with E-state index in [1.165, 1.54) is 10.9 Å². The summed E-state index contributed by atoms with van der Waals surface area (Å²) in [4.78, 5) is 14.6. The summed E-state index contributed by atoms with van der Waals surface area (Å²) in [6, 6.07) is 12.7. The lowest BCUT2D eigenvalue weighted by atomic mass is 10.1. The lowest BCUT2D eigenvalue weighted by molar-refractivity contribution is -0.133. The fourth-order valence-electron chi connectivity index (χ4n) is 3.60. The molecule has 1 fully saturated rings. The Balaban J connectivity index is 1.39. The average Bonchev–Trinajstić information content (AvgIpc) is 3.30. The Hall–Kier alpha value is -2.56. The molecule has 1 aliphatic rings. The van der Waals surface area contributed by atoms with Gasteiger partial charge in [-0.15, -0.1) is 0 Å². The number of aromatic nitrogens is 3. The van der Waals surface area contributed by atoms with Crippen LogP contribution < -0.4 is 0 Å². The fraction of sp³-hybridized carbons (Fsp3) is 0.368. The molecule has 0 saturated carbocycles. The predicted octanol–water partition coefficient (Wildman–Crippen LogP) is 3.09. The minimum absolute atomic E-state index is 0.240. The Kier molecular flexibility index (Phi) is 4.07. The highest BCUT2D eigenvalue weighted by Crippen LogP contribution is 2.21. The van der Waals surface area contributed by atoms with E-state index in [1.54, 1.807) is 6.20 Å². The van der Waals surface area contributed by atoms with Crippen molar-refractivity contribution in [2.45, 2.75) is 31.8 Å². The molecular weight excluding hydrogens is 300 g/mol. The minimum atomic E-state index is 0.240. The summed E-state index contributed by atoms with van der Waals surface area (Å²) in [7, 11) is 0. The van der Waals surface area contributed by atoms with E-state index in [-0.39, 0.29) is 5.91 Å². The molecule has 1 saturated heterocycles. The number of rotatable bonds is 4. The van der Waals surface area contributed by atoms with Gasteiger partial charge in [0, 0.05) is 50.2 Å². The van der Waals surface area contributed by atoms with Crippen LogP contribution in [0.25, 0.3) is 10.9 Å². The highest BCUT2D eigenvalue weighted by Gasteiger charge is 2.24. The second-order valence-corrected chi connectivity index (χ2v) is 6.44. The van der Waals surface area contributed by atoms with Crippen molar-refractivity contribution >= 4 is 16.8 Å². The van der Waals surface area contributed by atoms with Crippen molar-refractivity contribution in [3.63, 3.8) is 0 Å². The van der Waals surface area contributed by atoms with Crippen LogP contribution in [0.5, 0.6) is 0 Å². The topological polar surface area (TPSA) is 43.1 Å². The number of hydrogen-bond acceptors (Lipinski definition) is 2. The molecule has 3 aromatic rings. The average molecular weight is 322 g/mol. The third-order valence-electron chi connectivity index (χ3n) is 4.89. The Morgan fingerprint density at radius 3 is 2.96 bits per heavy atom. The van der Waals surface area contributed by atoms with Gasteiger partial charge in [0.15, 0.2) is 0 Å². The van der Waals surface area contributed by atoms with E-state index in [1.807, 2.05) is 34.0 Å². The summed E-state index contributed by atoms with van der Waals surface area (Å²) >= 11 is 0. The van der Waals surface area contributed by atoms with E-state index in [0.29, 0.717) is 12.5 Å². The van der Waals surface area contributed by atoms with Gasteiger partial charge in [-0.1, -0.05) is 18.2 Å². The van der Waals surface area contributed by atoms with Crippen molar-refractivity contribution in [2.24, 2.45) is 0 Å². The maximum absolute atomic E-state index is 12.6. The number of aryl methyl sites for hydroxylation is 1. The monoisotopic (exact) mass is 322 g/mol. The van der Waals surface area contributed by atoms with Gasteiger partial charge in [-0.2, -0.15) is 5.10 Å². The van der Waals surface area contributed by atoms with Crippen molar-refractivity contribution in [3.8, 4) is 0 Å². The van der Waals surface area contributed by atoms with Crippen LogP contribution in [0.1, 0.15) is 25.3 Å². The molecule has 124 valence electrons. The summed E-state index contributed by atoms with van der Waals surface area (Å²) in [5.41, 5.74) is 1.19. The van der Waals surface area contributed by atoms with Gasteiger partial charge < -0.3 is 9.47 Å². The summed E-state index contributed by atoms with van der Waals surface area (Å²) in [5, 5.41) is 5.55. The first kappa shape index (κ1) is 15.0. The molecule has 1 aromatic carbocycles. The zero-order valence-electron chi connectivity index (χ0n) is 13.7. The number of likely N-dealkylation sites (tertiary alicyclic amines) is 1. The molecule has 3 heterocycles. The molecule has 1 amide bonds. The van der Waals surface area contributed by atoms with Gasteiger partial charge >= 0.3 is 0 Å². The number of carbonyl (C=O) groups is 1. The number of para-hydroxylation sites is 1. The Bertz CT molecular complexity index is 821. The Morgan fingerprint density at radius 1 is 1.17 bits per heavy atom. The first-order valence-electron chi connectivity index (χ1n) is 8.62. The van der Waals surface area contributed by atoms with Crippen LogP contribution >= 0.6 is 0 Å². The number of carbonyl (C=O) groups excluding carboxylic acids is 1. The van der Waals surface area contributed by atoms with Crippen LogP contribution in [0.15, 0.2) is 55.0 Å². The summed E-state index contributed by atoms with van der Waals surface area (Å²) in [6.45, 7) is 2.37. The van der Waals surface area contributed by atoms with Gasteiger partial charge in [0.1, 0.15) is 0 Å². The largest absolute Gasteiger partial charge is 0.347 e. The van der Waals surface area contributed by atoms with E-state index < -0.39 is 0 Å². The summed E-state index contributed by atoms with van der Waals surface area (Å²) < 4.78 is 4.15. The molecule has 5 nitrogen and oxygen atoms in total. The van der Waals surface area contributed by atoms with Crippen molar-refractivity contribution in [3.05, 3.63) is 55.0 Å². The first-order chi connectivity index (χ1) is 11.8. The molecule has 0 N–H and O–H groups in total. The maximum Gasteiger partial charge on any atom is 0.224 e. The molecule has 0 spiro atoms. The number of amides is 1. The molecule has 0 aliphatic carbocycles. The second-order valence-electron chi connectivity index (χ2n) is 6.44. The normalized spacial score (nSPS) is 18.2. The highest BCUT2D eigenvalue weighted by molar-refractivity contribution is 5.80. The smallest absolute Gasteiger partial charge is 0.224 e. The molecule has 24 heavy (non-hydrogen) atoms. The van der Waals surface area contributed by atoms with E-state index in [4.69, 9.17) is 0 Å². The molecule has 0 radical (unpaired) electrons. The number of piperidine rings is 1. The quantitative estimate of drug-likeness (QED) is 0.741. The van der Waals surface area contributed by atoms with Crippen molar-refractivity contribution in [1.29, 1.82) is 0 Å². The van der Waals surface area contributed by atoms with Gasteiger partial charge in [0.05, 0.1) is 6.04 Å². The zero-order chi connectivity index (χ0) is 16.4. The van der Waals surface area contributed by atoms with Gasteiger partial charge in [-0.25, -0.2) is 0 Å². The molecule has 0 bridgehead atoms. The number of fused-ring (bicyclic) bond motifs is 1. The summed E-state index contributed by atoms with van der Waals surface area (Å²) in [5.74, 6) is 0.240. The van der Waals surface area contributed by atoms with E-state index in [0.717, 1.165) is 32.5 Å². The predicted molar refractivity (Wildman–Crippen MR) is 93.6 cm³/mol. The van der Waals surface area contributed by atoms with E-state index in [9.17, 15) is 4.79 Å². The van der Waals surface area contributed by atoms with Crippen LogP contribution in [-0.4, -0.2) is 38.2 Å². The molecule has 1 aliphatic heterocycles. The maximum atomic E-state index is 12.6.